The molecular weight excluding hydrogens is 404 g/mol. The Bertz CT molecular complexity index is 811. The standard InChI is InChI=1S/C25H38N4O3/c1-19-13-20(2)16-28(15-19)24(30)17-26-9-11-27(12-10-26)18-25(31)29-8-4-5-21-14-22(32-3)6-7-23(21)29/h6-7,14,19-20H,4-5,8-13,15-18H2,1-3H3/t19-,20+. The fraction of sp³-hybridized carbons (Fsp3) is 0.680. The van der Waals surface area contributed by atoms with Gasteiger partial charge in [0.15, 0.2) is 0 Å². The SMILES string of the molecule is COc1ccc2c(c1)CCCN2C(=O)CN1CCN(CC(=O)N2C[C@H](C)C[C@H](C)C2)CC1. The first-order valence-corrected chi connectivity index (χ1v) is 12.1. The monoisotopic (exact) mass is 442 g/mol. The summed E-state index contributed by atoms with van der Waals surface area (Å²) in [6.45, 7) is 11.3. The van der Waals surface area contributed by atoms with E-state index in [0.29, 0.717) is 24.9 Å². The Labute approximate surface area is 192 Å². The molecule has 1 aromatic carbocycles. The number of aryl methyl sites for hydroxylation is 1. The van der Waals surface area contributed by atoms with Gasteiger partial charge in [0.05, 0.1) is 20.2 Å². The lowest BCUT2D eigenvalue weighted by Gasteiger charge is -2.39. The zero-order valence-electron chi connectivity index (χ0n) is 19.9. The highest BCUT2D eigenvalue weighted by atomic mass is 16.5. The Morgan fingerprint density at radius 1 is 0.938 bits per heavy atom. The quantitative estimate of drug-likeness (QED) is 0.699. The van der Waals surface area contributed by atoms with E-state index >= 15 is 0 Å². The van der Waals surface area contributed by atoms with Crippen molar-refractivity contribution in [3.05, 3.63) is 23.8 Å². The second-order valence-electron chi connectivity index (χ2n) is 9.94. The number of piperidine rings is 1. The minimum Gasteiger partial charge on any atom is -0.497 e. The third kappa shape index (κ3) is 5.44. The average molecular weight is 443 g/mol. The number of benzene rings is 1. The highest BCUT2D eigenvalue weighted by Gasteiger charge is 2.29. The van der Waals surface area contributed by atoms with E-state index in [1.54, 1.807) is 7.11 Å². The molecule has 7 heteroatoms. The molecule has 2 atom stereocenters. The fourth-order valence-corrected chi connectivity index (χ4v) is 5.50. The second-order valence-corrected chi connectivity index (χ2v) is 9.94. The van der Waals surface area contributed by atoms with Crippen LogP contribution in [0, 0.1) is 11.8 Å². The number of anilines is 1. The Hall–Kier alpha value is -2.12. The van der Waals surface area contributed by atoms with Gasteiger partial charge in [0.25, 0.3) is 0 Å². The Kier molecular flexibility index (Phi) is 7.36. The molecule has 0 radical (unpaired) electrons. The molecule has 0 bridgehead atoms. The molecule has 176 valence electrons. The summed E-state index contributed by atoms with van der Waals surface area (Å²) in [6, 6.07) is 6.00. The molecule has 1 aromatic rings. The van der Waals surface area contributed by atoms with Crippen molar-refractivity contribution in [3.63, 3.8) is 0 Å². The summed E-state index contributed by atoms with van der Waals surface area (Å²) in [5.74, 6) is 2.44. The molecule has 3 aliphatic rings. The summed E-state index contributed by atoms with van der Waals surface area (Å²) >= 11 is 0. The molecule has 0 saturated carbocycles. The second kappa shape index (κ2) is 10.2. The van der Waals surface area contributed by atoms with E-state index in [0.717, 1.165) is 70.1 Å². The zero-order valence-corrected chi connectivity index (χ0v) is 19.9. The Morgan fingerprint density at radius 3 is 2.19 bits per heavy atom. The number of nitrogens with zero attached hydrogens (tertiary/aromatic N) is 4. The third-order valence-electron chi connectivity index (χ3n) is 7.11. The molecule has 2 amide bonds. The summed E-state index contributed by atoms with van der Waals surface area (Å²) in [5.41, 5.74) is 2.21. The smallest absolute Gasteiger partial charge is 0.241 e. The van der Waals surface area contributed by atoms with Crippen LogP contribution in [0.15, 0.2) is 18.2 Å². The lowest BCUT2D eigenvalue weighted by molar-refractivity contribution is -0.135. The maximum absolute atomic E-state index is 13.1. The number of methoxy groups -OCH3 is 1. The first-order valence-electron chi connectivity index (χ1n) is 12.1. The van der Waals surface area contributed by atoms with E-state index in [-0.39, 0.29) is 11.8 Å². The average Bonchev–Trinajstić information content (AvgIpc) is 2.78. The molecule has 2 saturated heterocycles. The number of carbonyl (C=O) groups excluding carboxylic acids is 2. The van der Waals surface area contributed by atoms with Crippen molar-refractivity contribution in [3.8, 4) is 5.75 Å². The number of hydrogen-bond acceptors (Lipinski definition) is 5. The van der Waals surface area contributed by atoms with E-state index in [9.17, 15) is 9.59 Å². The Morgan fingerprint density at radius 2 is 1.56 bits per heavy atom. The van der Waals surface area contributed by atoms with Crippen molar-refractivity contribution in [2.75, 3.05) is 70.9 Å². The van der Waals surface area contributed by atoms with Crippen LogP contribution in [0.5, 0.6) is 5.75 Å². The number of piperazine rings is 1. The highest BCUT2D eigenvalue weighted by molar-refractivity contribution is 5.96. The summed E-state index contributed by atoms with van der Waals surface area (Å²) in [5, 5.41) is 0. The van der Waals surface area contributed by atoms with Crippen molar-refractivity contribution in [2.24, 2.45) is 11.8 Å². The third-order valence-corrected chi connectivity index (χ3v) is 7.11. The van der Waals surface area contributed by atoms with Crippen LogP contribution < -0.4 is 9.64 Å². The molecule has 0 N–H and O–H groups in total. The minimum absolute atomic E-state index is 0.164. The van der Waals surface area contributed by atoms with Crippen LogP contribution >= 0.6 is 0 Å². The highest BCUT2D eigenvalue weighted by Crippen LogP contribution is 2.30. The van der Waals surface area contributed by atoms with E-state index in [1.165, 1.54) is 12.0 Å². The largest absolute Gasteiger partial charge is 0.497 e. The van der Waals surface area contributed by atoms with Crippen LogP contribution in [0.1, 0.15) is 32.3 Å². The van der Waals surface area contributed by atoms with Gasteiger partial charge >= 0.3 is 0 Å². The van der Waals surface area contributed by atoms with E-state index in [4.69, 9.17) is 4.74 Å². The van der Waals surface area contributed by atoms with Gasteiger partial charge in [0.2, 0.25) is 11.8 Å². The maximum Gasteiger partial charge on any atom is 0.241 e. The van der Waals surface area contributed by atoms with Gasteiger partial charge in [0, 0.05) is 51.5 Å². The molecule has 0 unspecified atom stereocenters. The molecule has 2 fully saturated rings. The van der Waals surface area contributed by atoms with Gasteiger partial charge in [0.1, 0.15) is 5.75 Å². The van der Waals surface area contributed by atoms with Crippen molar-refractivity contribution >= 4 is 17.5 Å². The molecule has 0 aliphatic carbocycles. The molecule has 0 aromatic heterocycles. The molecule has 3 heterocycles. The van der Waals surface area contributed by atoms with Gasteiger partial charge in [-0.2, -0.15) is 0 Å². The summed E-state index contributed by atoms with van der Waals surface area (Å²) in [4.78, 5) is 34.3. The van der Waals surface area contributed by atoms with E-state index < -0.39 is 0 Å². The molecule has 0 spiro atoms. The summed E-state index contributed by atoms with van der Waals surface area (Å²) in [7, 11) is 1.67. The van der Waals surface area contributed by atoms with Crippen molar-refractivity contribution in [1.29, 1.82) is 0 Å². The normalized spacial score (nSPS) is 24.8. The van der Waals surface area contributed by atoms with Crippen molar-refractivity contribution in [1.82, 2.24) is 14.7 Å². The molecule has 4 rings (SSSR count). The van der Waals surface area contributed by atoms with Gasteiger partial charge in [-0.1, -0.05) is 13.8 Å². The maximum atomic E-state index is 13.1. The van der Waals surface area contributed by atoms with Gasteiger partial charge < -0.3 is 14.5 Å². The van der Waals surface area contributed by atoms with Crippen molar-refractivity contribution < 1.29 is 14.3 Å². The van der Waals surface area contributed by atoms with Crippen LogP contribution in [-0.4, -0.2) is 92.5 Å². The molecular formula is C25H38N4O3. The predicted molar refractivity (Wildman–Crippen MR) is 126 cm³/mol. The molecule has 32 heavy (non-hydrogen) atoms. The summed E-state index contributed by atoms with van der Waals surface area (Å²) in [6.07, 6.45) is 3.18. The van der Waals surface area contributed by atoms with E-state index in [2.05, 4.69) is 28.5 Å². The molecule has 3 aliphatic heterocycles. The van der Waals surface area contributed by atoms with Crippen LogP contribution in [-0.2, 0) is 16.0 Å². The Balaban J connectivity index is 1.26. The predicted octanol–water partition coefficient (Wildman–Crippen LogP) is 2.10. The first-order chi connectivity index (χ1) is 15.4. The molecule has 7 nitrogen and oxygen atoms in total. The number of hydrogen-bond donors (Lipinski definition) is 0. The number of carbonyl (C=O) groups is 2. The van der Waals surface area contributed by atoms with Gasteiger partial charge in [-0.25, -0.2) is 0 Å². The number of likely N-dealkylation sites (tertiary alicyclic amines) is 1. The van der Waals surface area contributed by atoms with Crippen LogP contribution in [0.2, 0.25) is 0 Å². The van der Waals surface area contributed by atoms with Crippen molar-refractivity contribution in [2.45, 2.75) is 33.1 Å². The zero-order chi connectivity index (χ0) is 22.7. The van der Waals surface area contributed by atoms with Crippen LogP contribution in [0.3, 0.4) is 0 Å². The van der Waals surface area contributed by atoms with Crippen LogP contribution in [0.4, 0.5) is 5.69 Å². The van der Waals surface area contributed by atoms with Gasteiger partial charge in [-0.3, -0.25) is 19.4 Å². The first kappa shape index (κ1) is 23.1. The number of ether oxygens (including phenoxy) is 1. The topological polar surface area (TPSA) is 56.3 Å². The minimum atomic E-state index is 0.164. The number of amides is 2. The van der Waals surface area contributed by atoms with E-state index in [1.807, 2.05) is 23.1 Å². The van der Waals surface area contributed by atoms with Crippen LogP contribution in [0.25, 0.3) is 0 Å². The van der Waals surface area contributed by atoms with Gasteiger partial charge in [-0.15, -0.1) is 0 Å². The lowest BCUT2D eigenvalue weighted by Crippen LogP contribution is -2.53. The lowest BCUT2D eigenvalue weighted by atomic mass is 9.92. The number of fused-ring (bicyclic) bond motifs is 1. The fourth-order valence-electron chi connectivity index (χ4n) is 5.50. The summed E-state index contributed by atoms with van der Waals surface area (Å²) < 4.78 is 5.34. The van der Waals surface area contributed by atoms with Gasteiger partial charge in [-0.05, 0) is 54.9 Å². The number of rotatable bonds is 5.